The van der Waals surface area contributed by atoms with Crippen molar-refractivity contribution in [2.75, 3.05) is 0 Å². The fourth-order valence-electron chi connectivity index (χ4n) is 0.517. The summed E-state index contributed by atoms with van der Waals surface area (Å²) in [6, 6.07) is 1.25. The molecule has 0 nitrogen and oxygen atoms in total. The van der Waals surface area contributed by atoms with E-state index in [9.17, 15) is 0 Å². The molecule has 0 aromatic carbocycles. The monoisotopic (exact) mass is 136 g/mol. The van der Waals surface area contributed by atoms with Gasteiger partial charge in [-0.15, -0.1) is 11.6 Å². The van der Waals surface area contributed by atoms with E-state index in [2.05, 4.69) is 6.92 Å². The van der Waals surface area contributed by atoms with Gasteiger partial charge in [0.25, 0.3) is 0 Å². The maximum atomic E-state index is 5.80. The molecule has 2 heteroatoms. The van der Waals surface area contributed by atoms with Crippen LogP contribution in [0.5, 0.6) is 0 Å². The molecule has 0 heterocycles. The van der Waals surface area contributed by atoms with Gasteiger partial charge in [0.15, 0.2) is 0 Å². The molecule has 0 aliphatic heterocycles. The molecular formula is C5H13ClSi. The minimum atomic E-state index is 0.483. The Hall–Kier alpha value is 0.507. The van der Waals surface area contributed by atoms with Gasteiger partial charge in [-0.1, -0.05) is 13.3 Å². The van der Waals surface area contributed by atoms with Crippen molar-refractivity contribution in [3.05, 3.63) is 0 Å². The lowest BCUT2D eigenvalue weighted by atomic mass is 10.3. The molecule has 0 bridgehead atoms. The molecule has 0 aliphatic rings. The van der Waals surface area contributed by atoms with E-state index in [1.807, 2.05) is 0 Å². The molecule has 0 saturated carbocycles. The van der Waals surface area contributed by atoms with Crippen molar-refractivity contribution >= 4 is 21.8 Å². The molecule has 1 unspecified atom stereocenters. The molecule has 44 valence electrons. The first-order chi connectivity index (χ1) is 3.31. The van der Waals surface area contributed by atoms with Crippen LogP contribution in [0.1, 0.15) is 19.8 Å². The van der Waals surface area contributed by atoms with E-state index in [1.54, 1.807) is 0 Å². The van der Waals surface area contributed by atoms with Gasteiger partial charge < -0.3 is 0 Å². The third kappa shape index (κ3) is 4.36. The number of hydrogen-bond donors (Lipinski definition) is 0. The summed E-state index contributed by atoms with van der Waals surface area (Å²) in [5, 5.41) is 0.483. The third-order valence-corrected chi connectivity index (χ3v) is 3.07. The highest BCUT2D eigenvalue weighted by molar-refractivity contribution is 6.25. The second-order valence-corrected chi connectivity index (χ2v) is 3.23. The van der Waals surface area contributed by atoms with E-state index >= 15 is 0 Å². The van der Waals surface area contributed by atoms with Crippen LogP contribution in [-0.4, -0.2) is 15.6 Å². The Balaban J connectivity index is 2.83. The van der Waals surface area contributed by atoms with Crippen LogP contribution in [0.25, 0.3) is 0 Å². The average molecular weight is 137 g/mol. The highest BCUT2D eigenvalue weighted by Crippen LogP contribution is 2.06. The minimum absolute atomic E-state index is 0.483. The Labute approximate surface area is 53.7 Å². The quantitative estimate of drug-likeness (QED) is 0.404. The topological polar surface area (TPSA) is 0 Å². The predicted octanol–water partition coefficient (Wildman–Crippen LogP) is 1.18. The summed E-state index contributed by atoms with van der Waals surface area (Å²) in [5.74, 6) is 0. The zero-order chi connectivity index (χ0) is 5.70. The second kappa shape index (κ2) is 4.66. The van der Waals surface area contributed by atoms with Crippen LogP contribution in [0.3, 0.4) is 0 Å². The molecule has 0 saturated heterocycles. The van der Waals surface area contributed by atoms with Gasteiger partial charge in [-0.05, 0) is 12.5 Å². The molecule has 0 N–H and O–H groups in total. The van der Waals surface area contributed by atoms with E-state index in [1.165, 1.54) is 29.1 Å². The van der Waals surface area contributed by atoms with Crippen molar-refractivity contribution in [3.8, 4) is 0 Å². The third-order valence-electron chi connectivity index (χ3n) is 1.04. The Morgan fingerprint density at radius 3 is 2.43 bits per heavy atom. The van der Waals surface area contributed by atoms with Gasteiger partial charge in [0.05, 0.1) is 0 Å². The van der Waals surface area contributed by atoms with E-state index < -0.39 is 0 Å². The molecule has 1 atom stereocenters. The molecule has 0 aromatic heterocycles. The lowest BCUT2D eigenvalue weighted by Crippen LogP contribution is -1.94. The zero-order valence-electron chi connectivity index (χ0n) is 5.08. The minimum Gasteiger partial charge on any atom is -0.123 e. The van der Waals surface area contributed by atoms with E-state index in [0.29, 0.717) is 5.38 Å². The van der Waals surface area contributed by atoms with Crippen molar-refractivity contribution in [2.24, 2.45) is 0 Å². The average Bonchev–Trinajstić information content (AvgIpc) is 1.68. The SMILES string of the molecule is CCCC(Cl)C[SiH3]. The summed E-state index contributed by atoms with van der Waals surface area (Å²) in [7, 11) is 1.26. The first-order valence-electron chi connectivity index (χ1n) is 2.95. The van der Waals surface area contributed by atoms with E-state index in [4.69, 9.17) is 11.6 Å². The second-order valence-electron chi connectivity index (χ2n) is 1.79. The van der Waals surface area contributed by atoms with Gasteiger partial charge in [-0.3, -0.25) is 0 Å². The Bertz CT molecular complexity index is 39.1. The Kier molecular flexibility index (Phi) is 5.00. The number of rotatable bonds is 3. The molecule has 0 radical (unpaired) electrons. The lowest BCUT2D eigenvalue weighted by molar-refractivity contribution is 0.779. The summed E-state index contributed by atoms with van der Waals surface area (Å²) in [4.78, 5) is 0. The Morgan fingerprint density at radius 1 is 1.71 bits per heavy atom. The molecule has 0 aliphatic carbocycles. The zero-order valence-corrected chi connectivity index (χ0v) is 7.83. The lowest BCUT2D eigenvalue weighted by Gasteiger charge is -1.99. The standard InChI is InChI=1S/C5H13ClSi/c1-2-3-5(6)4-7/h5H,2-4H2,1,7H3. The summed E-state index contributed by atoms with van der Waals surface area (Å²) in [6.07, 6.45) is 2.43. The van der Waals surface area contributed by atoms with Crippen molar-refractivity contribution in [1.82, 2.24) is 0 Å². The highest BCUT2D eigenvalue weighted by atomic mass is 35.5. The molecule has 0 spiro atoms. The smallest absolute Gasteiger partial charge is 0.0304 e. The predicted molar refractivity (Wildman–Crippen MR) is 39.3 cm³/mol. The first kappa shape index (κ1) is 7.51. The fraction of sp³-hybridized carbons (Fsp3) is 1.00. The van der Waals surface area contributed by atoms with Crippen LogP contribution < -0.4 is 0 Å². The Morgan fingerprint density at radius 2 is 2.29 bits per heavy atom. The van der Waals surface area contributed by atoms with Crippen LogP contribution in [0.2, 0.25) is 6.04 Å². The van der Waals surface area contributed by atoms with Gasteiger partial charge in [0, 0.05) is 15.6 Å². The summed E-state index contributed by atoms with van der Waals surface area (Å²) >= 11 is 5.80. The van der Waals surface area contributed by atoms with Crippen LogP contribution in [-0.2, 0) is 0 Å². The molecule has 7 heavy (non-hydrogen) atoms. The van der Waals surface area contributed by atoms with Crippen LogP contribution >= 0.6 is 11.6 Å². The van der Waals surface area contributed by atoms with Crippen LogP contribution in [0.15, 0.2) is 0 Å². The van der Waals surface area contributed by atoms with Crippen molar-refractivity contribution in [1.29, 1.82) is 0 Å². The fourth-order valence-corrected chi connectivity index (χ4v) is 1.14. The molecule has 0 amide bonds. The number of halogens is 1. The number of alkyl halides is 1. The summed E-state index contributed by atoms with van der Waals surface area (Å²) in [5.41, 5.74) is 0. The van der Waals surface area contributed by atoms with Gasteiger partial charge in [0.1, 0.15) is 0 Å². The van der Waals surface area contributed by atoms with Crippen molar-refractivity contribution in [3.63, 3.8) is 0 Å². The summed E-state index contributed by atoms with van der Waals surface area (Å²) in [6.45, 7) is 2.17. The van der Waals surface area contributed by atoms with Crippen molar-refractivity contribution in [2.45, 2.75) is 31.2 Å². The number of hydrogen-bond acceptors (Lipinski definition) is 0. The van der Waals surface area contributed by atoms with Gasteiger partial charge >= 0.3 is 0 Å². The van der Waals surface area contributed by atoms with Crippen LogP contribution in [0.4, 0.5) is 0 Å². The first-order valence-corrected chi connectivity index (χ1v) is 4.80. The molecule has 0 aromatic rings. The highest BCUT2D eigenvalue weighted by Gasteiger charge is 1.95. The summed E-state index contributed by atoms with van der Waals surface area (Å²) < 4.78 is 0. The van der Waals surface area contributed by atoms with E-state index in [-0.39, 0.29) is 0 Å². The molecule has 0 rings (SSSR count). The van der Waals surface area contributed by atoms with Crippen LogP contribution in [0, 0.1) is 0 Å². The maximum Gasteiger partial charge on any atom is 0.0304 e. The van der Waals surface area contributed by atoms with Gasteiger partial charge in [0.2, 0.25) is 0 Å². The molecular weight excluding hydrogens is 124 g/mol. The van der Waals surface area contributed by atoms with Crippen molar-refractivity contribution < 1.29 is 0 Å². The van der Waals surface area contributed by atoms with E-state index in [0.717, 1.165) is 0 Å². The van der Waals surface area contributed by atoms with Gasteiger partial charge in [-0.25, -0.2) is 0 Å². The maximum absolute atomic E-state index is 5.80. The normalized spacial score (nSPS) is 14.6. The largest absolute Gasteiger partial charge is 0.123 e. The molecule has 0 fully saturated rings. The van der Waals surface area contributed by atoms with Gasteiger partial charge in [-0.2, -0.15) is 0 Å².